The second kappa shape index (κ2) is 11.2. The molecule has 7 nitrogen and oxygen atoms in total. The van der Waals surface area contributed by atoms with Gasteiger partial charge in [0.25, 0.3) is 0 Å². The van der Waals surface area contributed by atoms with Gasteiger partial charge in [0.1, 0.15) is 0 Å². The van der Waals surface area contributed by atoms with Crippen LogP contribution in [0.1, 0.15) is 52.4 Å². The number of nitrogens with one attached hydrogen (secondary N) is 1. The lowest BCUT2D eigenvalue weighted by Gasteiger charge is -2.14. The SMILES string of the molecule is CCCCCC(C)CCC(=O)NCC(O)COP(=O)(O)O. The van der Waals surface area contributed by atoms with Crippen molar-refractivity contribution >= 4 is 13.7 Å². The summed E-state index contributed by atoms with van der Waals surface area (Å²) in [6.45, 7) is 3.67. The average Bonchev–Trinajstić information content (AvgIpc) is 2.40. The van der Waals surface area contributed by atoms with Crippen LogP contribution in [0.4, 0.5) is 0 Å². The zero-order valence-electron chi connectivity index (χ0n) is 12.8. The van der Waals surface area contributed by atoms with Crippen molar-refractivity contribution in [1.82, 2.24) is 5.32 Å². The molecule has 4 N–H and O–H groups in total. The third-order valence-electron chi connectivity index (χ3n) is 3.13. The van der Waals surface area contributed by atoms with E-state index in [0.717, 1.165) is 12.8 Å². The summed E-state index contributed by atoms with van der Waals surface area (Å²) >= 11 is 0. The van der Waals surface area contributed by atoms with Crippen LogP contribution in [0, 0.1) is 5.92 Å². The van der Waals surface area contributed by atoms with Crippen LogP contribution in [0.2, 0.25) is 0 Å². The summed E-state index contributed by atoms with van der Waals surface area (Å²) in [4.78, 5) is 28.5. The number of rotatable bonds is 12. The Morgan fingerprint density at radius 3 is 2.52 bits per heavy atom. The molecule has 0 aromatic heterocycles. The summed E-state index contributed by atoms with van der Waals surface area (Å²) in [6, 6.07) is 0. The highest BCUT2D eigenvalue weighted by molar-refractivity contribution is 7.46. The number of phosphoric ester groups is 1. The Bertz CT molecular complexity index is 333. The number of aliphatic hydroxyl groups is 1. The van der Waals surface area contributed by atoms with Crippen LogP contribution < -0.4 is 5.32 Å². The highest BCUT2D eigenvalue weighted by Crippen LogP contribution is 2.35. The first-order chi connectivity index (χ1) is 9.74. The molecule has 0 heterocycles. The molecule has 0 aromatic rings. The van der Waals surface area contributed by atoms with Gasteiger partial charge in [-0.05, 0) is 12.3 Å². The van der Waals surface area contributed by atoms with Crippen LogP contribution in [0.25, 0.3) is 0 Å². The Morgan fingerprint density at radius 1 is 1.29 bits per heavy atom. The number of carbonyl (C=O) groups is 1. The molecule has 21 heavy (non-hydrogen) atoms. The molecule has 0 spiro atoms. The Morgan fingerprint density at radius 2 is 1.95 bits per heavy atom. The Hall–Kier alpha value is -0.460. The summed E-state index contributed by atoms with van der Waals surface area (Å²) in [5, 5.41) is 11.9. The third kappa shape index (κ3) is 14.2. The molecular weight excluding hydrogens is 297 g/mol. The monoisotopic (exact) mass is 325 g/mol. The zero-order chi connectivity index (χ0) is 16.3. The molecule has 0 saturated heterocycles. The molecule has 0 bridgehead atoms. The van der Waals surface area contributed by atoms with Crippen molar-refractivity contribution in [2.24, 2.45) is 5.92 Å². The molecule has 0 aliphatic heterocycles. The Kier molecular flexibility index (Phi) is 10.9. The highest BCUT2D eigenvalue weighted by atomic mass is 31.2. The molecule has 0 radical (unpaired) electrons. The second-order valence-electron chi connectivity index (χ2n) is 5.38. The van der Waals surface area contributed by atoms with Gasteiger partial charge in [0.15, 0.2) is 0 Å². The van der Waals surface area contributed by atoms with E-state index in [4.69, 9.17) is 9.79 Å². The van der Waals surface area contributed by atoms with Crippen LogP contribution in [0.3, 0.4) is 0 Å². The summed E-state index contributed by atoms with van der Waals surface area (Å²) < 4.78 is 14.6. The van der Waals surface area contributed by atoms with Crippen LogP contribution in [0.15, 0.2) is 0 Å². The number of hydrogen-bond acceptors (Lipinski definition) is 4. The molecule has 126 valence electrons. The third-order valence-corrected chi connectivity index (χ3v) is 3.62. The van der Waals surface area contributed by atoms with E-state index in [0.29, 0.717) is 12.3 Å². The molecule has 0 rings (SSSR count). The molecule has 0 aromatic carbocycles. The highest BCUT2D eigenvalue weighted by Gasteiger charge is 2.17. The van der Waals surface area contributed by atoms with E-state index >= 15 is 0 Å². The predicted molar refractivity (Wildman–Crippen MR) is 79.6 cm³/mol. The predicted octanol–water partition coefficient (Wildman–Crippen LogP) is 1.57. The van der Waals surface area contributed by atoms with E-state index in [9.17, 15) is 14.5 Å². The first kappa shape index (κ1) is 20.5. The minimum absolute atomic E-state index is 0.0803. The molecular formula is C13H28NO6P. The fourth-order valence-corrected chi connectivity index (χ4v) is 2.19. The number of phosphoric acid groups is 1. The van der Waals surface area contributed by atoms with Gasteiger partial charge < -0.3 is 20.2 Å². The van der Waals surface area contributed by atoms with Crippen LogP contribution >= 0.6 is 7.82 Å². The van der Waals surface area contributed by atoms with Gasteiger partial charge in [-0.2, -0.15) is 0 Å². The van der Waals surface area contributed by atoms with E-state index in [1.807, 2.05) is 0 Å². The van der Waals surface area contributed by atoms with E-state index in [1.165, 1.54) is 19.3 Å². The lowest BCUT2D eigenvalue weighted by Crippen LogP contribution is -2.34. The smallest absolute Gasteiger partial charge is 0.389 e. The van der Waals surface area contributed by atoms with Gasteiger partial charge >= 0.3 is 7.82 Å². The number of hydrogen-bond donors (Lipinski definition) is 4. The lowest BCUT2D eigenvalue weighted by molar-refractivity contribution is -0.121. The summed E-state index contributed by atoms with van der Waals surface area (Å²) in [7, 11) is -4.58. The topological polar surface area (TPSA) is 116 Å². The summed E-state index contributed by atoms with van der Waals surface area (Å²) in [5.74, 6) is 0.317. The van der Waals surface area contributed by atoms with Gasteiger partial charge in [-0.1, -0.05) is 39.5 Å². The minimum Gasteiger partial charge on any atom is -0.389 e. The Balaban J connectivity index is 3.68. The molecule has 0 saturated carbocycles. The number of unbranched alkanes of at least 4 members (excludes halogenated alkanes) is 2. The number of aliphatic hydroxyl groups excluding tert-OH is 1. The Labute approximate surface area is 126 Å². The van der Waals surface area contributed by atoms with Crippen LogP contribution in [-0.2, 0) is 13.9 Å². The average molecular weight is 325 g/mol. The molecule has 8 heteroatoms. The van der Waals surface area contributed by atoms with Crippen molar-refractivity contribution in [2.75, 3.05) is 13.2 Å². The van der Waals surface area contributed by atoms with Crippen molar-refractivity contribution in [3.63, 3.8) is 0 Å². The largest absolute Gasteiger partial charge is 0.469 e. The van der Waals surface area contributed by atoms with E-state index in [1.54, 1.807) is 0 Å². The maximum absolute atomic E-state index is 11.6. The van der Waals surface area contributed by atoms with Crippen molar-refractivity contribution in [1.29, 1.82) is 0 Å². The minimum atomic E-state index is -4.58. The van der Waals surface area contributed by atoms with Crippen molar-refractivity contribution in [2.45, 2.75) is 58.5 Å². The van der Waals surface area contributed by atoms with Gasteiger partial charge in [0, 0.05) is 13.0 Å². The van der Waals surface area contributed by atoms with E-state index in [2.05, 4.69) is 23.7 Å². The standard InChI is InChI=1S/C13H28NO6P/c1-3-4-5-6-11(2)7-8-13(16)14-9-12(15)10-20-21(17,18)19/h11-12,15H,3-10H2,1-2H3,(H,14,16)(H2,17,18,19). The van der Waals surface area contributed by atoms with Crippen LogP contribution in [0.5, 0.6) is 0 Å². The summed E-state index contributed by atoms with van der Waals surface area (Å²) in [6.07, 6.45) is 4.73. The molecule has 0 fully saturated rings. The van der Waals surface area contributed by atoms with Gasteiger partial charge in [0.05, 0.1) is 12.7 Å². The van der Waals surface area contributed by atoms with Gasteiger partial charge in [-0.15, -0.1) is 0 Å². The molecule has 2 unspecified atom stereocenters. The van der Waals surface area contributed by atoms with E-state index in [-0.39, 0.29) is 12.5 Å². The van der Waals surface area contributed by atoms with Gasteiger partial charge in [-0.3, -0.25) is 9.32 Å². The zero-order valence-corrected chi connectivity index (χ0v) is 13.7. The van der Waals surface area contributed by atoms with Gasteiger partial charge in [0.2, 0.25) is 5.91 Å². The fraction of sp³-hybridized carbons (Fsp3) is 0.923. The maximum atomic E-state index is 11.6. The quantitative estimate of drug-likeness (QED) is 0.320. The molecule has 1 amide bonds. The van der Waals surface area contributed by atoms with Crippen molar-refractivity contribution in [3.8, 4) is 0 Å². The molecule has 0 aliphatic rings. The first-order valence-corrected chi connectivity index (χ1v) is 8.92. The van der Waals surface area contributed by atoms with Crippen LogP contribution in [-0.4, -0.2) is 40.1 Å². The molecule has 0 aliphatic carbocycles. The maximum Gasteiger partial charge on any atom is 0.469 e. The number of amides is 1. The second-order valence-corrected chi connectivity index (χ2v) is 6.62. The fourth-order valence-electron chi connectivity index (χ4n) is 1.83. The first-order valence-electron chi connectivity index (χ1n) is 7.39. The van der Waals surface area contributed by atoms with E-state index < -0.39 is 20.5 Å². The normalized spacial score (nSPS) is 14.7. The van der Waals surface area contributed by atoms with Gasteiger partial charge in [-0.25, -0.2) is 4.57 Å². The number of carbonyl (C=O) groups excluding carboxylic acids is 1. The molecule has 2 atom stereocenters. The van der Waals surface area contributed by atoms with Crippen molar-refractivity contribution < 1.29 is 28.8 Å². The van der Waals surface area contributed by atoms with Crippen molar-refractivity contribution in [3.05, 3.63) is 0 Å². The summed E-state index contributed by atoms with van der Waals surface area (Å²) in [5.41, 5.74) is 0. The lowest BCUT2D eigenvalue weighted by atomic mass is 9.98.